The van der Waals surface area contributed by atoms with Gasteiger partial charge >= 0.3 is 0 Å². The summed E-state index contributed by atoms with van der Waals surface area (Å²) >= 11 is 0. The van der Waals surface area contributed by atoms with Gasteiger partial charge in [0.2, 0.25) is 0 Å². The Morgan fingerprint density at radius 2 is 2.29 bits per heavy atom. The van der Waals surface area contributed by atoms with E-state index in [1.807, 2.05) is 0 Å². The fourth-order valence-corrected chi connectivity index (χ4v) is 2.09. The van der Waals surface area contributed by atoms with Crippen molar-refractivity contribution in [3.8, 4) is 0 Å². The minimum Gasteiger partial charge on any atom is -0.395 e. The van der Waals surface area contributed by atoms with Crippen LogP contribution in [0.15, 0.2) is 0 Å². The van der Waals surface area contributed by atoms with Gasteiger partial charge < -0.3 is 15.2 Å². The first-order chi connectivity index (χ1) is 6.61. The maximum Gasteiger partial charge on any atom is 0.0599 e. The van der Waals surface area contributed by atoms with Gasteiger partial charge in [0.25, 0.3) is 0 Å². The van der Waals surface area contributed by atoms with Gasteiger partial charge in [-0.15, -0.1) is 0 Å². The van der Waals surface area contributed by atoms with Crippen molar-refractivity contribution < 1.29 is 9.84 Å². The van der Waals surface area contributed by atoms with Crippen LogP contribution in [0.5, 0.6) is 0 Å². The van der Waals surface area contributed by atoms with E-state index < -0.39 is 0 Å². The third-order valence-electron chi connectivity index (χ3n) is 2.90. The SMILES string of the molecule is COCCN1C(CO)CNCC1(C)C. The second kappa shape index (κ2) is 5.07. The first-order valence-corrected chi connectivity index (χ1v) is 5.19. The van der Waals surface area contributed by atoms with Crippen molar-refractivity contribution in [1.82, 2.24) is 10.2 Å². The number of nitrogens with one attached hydrogen (secondary N) is 1. The Kier molecular flexibility index (Phi) is 4.31. The largest absolute Gasteiger partial charge is 0.395 e. The highest BCUT2D eigenvalue weighted by atomic mass is 16.5. The van der Waals surface area contributed by atoms with Gasteiger partial charge in [-0.1, -0.05) is 0 Å². The van der Waals surface area contributed by atoms with Crippen molar-refractivity contribution in [2.45, 2.75) is 25.4 Å². The zero-order valence-electron chi connectivity index (χ0n) is 9.42. The minimum atomic E-state index is 0.101. The van der Waals surface area contributed by atoms with Gasteiger partial charge in [0.1, 0.15) is 0 Å². The van der Waals surface area contributed by atoms with Crippen LogP contribution in [-0.4, -0.2) is 61.5 Å². The highest BCUT2D eigenvalue weighted by molar-refractivity contribution is 4.93. The first-order valence-electron chi connectivity index (χ1n) is 5.19. The summed E-state index contributed by atoms with van der Waals surface area (Å²) < 4.78 is 5.09. The number of methoxy groups -OCH3 is 1. The van der Waals surface area contributed by atoms with E-state index in [-0.39, 0.29) is 18.2 Å². The topological polar surface area (TPSA) is 44.7 Å². The lowest BCUT2D eigenvalue weighted by Crippen LogP contribution is -2.64. The standard InChI is InChI=1S/C10H22N2O2/c1-10(2)8-11-6-9(7-13)12(10)4-5-14-3/h9,11,13H,4-8H2,1-3H3. The highest BCUT2D eigenvalue weighted by Gasteiger charge is 2.35. The molecule has 1 heterocycles. The number of hydrogen-bond acceptors (Lipinski definition) is 4. The van der Waals surface area contributed by atoms with E-state index in [4.69, 9.17) is 4.74 Å². The lowest BCUT2D eigenvalue weighted by molar-refractivity contribution is -0.00658. The van der Waals surface area contributed by atoms with Crippen molar-refractivity contribution in [2.24, 2.45) is 0 Å². The van der Waals surface area contributed by atoms with Crippen LogP contribution in [0.25, 0.3) is 0 Å². The molecule has 2 N–H and O–H groups in total. The molecule has 4 heteroatoms. The second-order valence-electron chi connectivity index (χ2n) is 4.47. The van der Waals surface area contributed by atoms with Crippen LogP contribution in [0.2, 0.25) is 0 Å². The maximum atomic E-state index is 9.27. The van der Waals surface area contributed by atoms with Gasteiger partial charge in [0.05, 0.1) is 13.2 Å². The van der Waals surface area contributed by atoms with E-state index in [9.17, 15) is 5.11 Å². The smallest absolute Gasteiger partial charge is 0.0599 e. The van der Waals surface area contributed by atoms with E-state index in [1.54, 1.807) is 7.11 Å². The molecule has 0 saturated carbocycles. The number of hydrogen-bond donors (Lipinski definition) is 2. The van der Waals surface area contributed by atoms with Crippen LogP contribution in [-0.2, 0) is 4.74 Å². The molecule has 84 valence electrons. The first kappa shape index (κ1) is 11.9. The summed E-state index contributed by atoms with van der Waals surface area (Å²) in [5.41, 5.74) is 0.101. The molecule has 1 aliphatic rings. The zero-order valence-corrected chi connectivity index (χ0v) is 9.42. The van der Waals surface area contributed by atoms with E-state index in [0.717, 1.165) is 26.2 Å². The Labute approximate surface area is 86.2 Å². The fourth-order valence-electron chi connectivity index (χ4n) is 2.09. The molecule has 1 atom stereocenters. The van der Waals surface area contributed by atoms with Gasteiger partial charge in [0.15, 0.2) is 0 Å². The van der Waals surface area contributed by atoms with Crippen molar-refractivity contribution >= 4 is 0 Å². The molecule has 1 rings (SSSR count). The van der Waals surface area contributed by atoms with Gasteiger partial charge in [-0.05, 0) is 13.8 Å². The number of nitrogens with zero attached hydrogens (tertiary/aromatic N) is 1. The second-order valence-corrected chi connectivity index (χ2v) is 4.47. The van der Waals surface area contributed by atoms with Crippen LogP contribution in [0.1, 0.15) is 13.8 Å². The zero-order chi connectivity index (χ0) is 10.6. The van der Waals surface area contributed by atoms with Crippen molar-refractivity contribution in [3.63, 3.8) is 0 Å². The number of ether oxygens (including phenoxy) is 1. The molecular formula is C10H22N2O2. The lowest BCUT2D eigenvalue weighted by atomic mass is 9.96. The van der Waals surface area contributed by atoms with Gasteiger partial charge in [-0.25, -0.2) is 0 Å². The monoisotopic (exact) mass is 202 g/mol. The van der Waals surface area contributed by atoms with E-state index >= 15 is 0 Å². The summed E-state index contributed by atoms with van der Waals surface area (Å²) in [4.78, 5) is 2.33. The van der Waals surface area contributed by atoms with Gasteiger partial charge in [-0.2, -0.15) is 0 Å². The van der Waals surface area contributed by atoms with Crippen LogP contribution in [0.4, 0.5) is 0 Å². The summed E-state index contributed by atoms with van der Waals surface area (Å²) in [5.74, 6) is 0. The summed E-state index contributed by atoms with van der Waals surface area (Å²) in [6.07, 6.45) is 0. The van der Waals surface area contributed by atoms with Crippen LogP contribution >= 0.6 is 0 Å². The predicted molar refractivity (Wildman–Crippen MR) is 56.4 cm³/mol. The molecule has 0 aromatic carbocycles. The maximum absolute atomic E-state index is 9.27. The summed E-state index contributed by atoms with van der Waals surface area (Å²) in [7, 11) is 1.71. The quantitative estimate of drug-likeness (QED) is 0.656. The summed E-state index contributed by atoms with van der Waals surface area (Å²) in [5, 5.41) is 12.6. The van der Waals surface area contributed by atoms with Crippen LogP contribution in [0, 0.1) is 0 Å². The molecule has 4 nitrogen and oxygen atoms in total. The molecule has 0 amide bonds. The van der Waals surface area contributed by atoms with E-state index in [1.165, 1.54) is 0 Å². The molecular weight excluding hydrogens is 180 g/mol. The Morgan fingerprint density at radius 3 is 2.86 bits per heavy atom. The lowest BCUT2D eigenvalue weighted by Gasteiger charge is -2.47. The molecule has 0 radical (unpaired) electrons. The number of rotatable bonds is 4. The van der Waals surface area contributed by atoms with Crippen molar-refractivity contribution in [3.05, 3.63) is 0 Å². The highest BCUT2D eigenvalue weighted by Crippen LogP contribution is 2.19. The molecule has 0 aliphatic carbocycles. The van der Waals surface area contributed by atoms with Crippen molar-refractivity contribution in [2.75, 3.05) is 40.0 Å². The minimum absolute atomic E-state index is 0.101. The number of piperazine rings is 1. The Balaban J connectivity index is 2.59. The molecule has 14 heavy (non-hydrogen) atoms. The van der Waals surface area contributed by atoms with Gasteiger partial charge in [0, 0.05) is 38.3 Å². The van der Waals surface area contributed by atoms with Crippen LogP contribution in [0.3, 0.4) is 0 Å². The predicted octanol–water partition coefficient (Wildman–Crippen LogP) is -0.322. The average Bonchev–Trinajstić information content (AvgIpc) is 2.14. The number of aliphatic hydroxyl groups is 1. The molecule has 0 aromatic rings. The normalized spacial score (nSPS) is 27.9. The van der Waals surface area contributed by atoms with E-state index in [0.29, 0.717) is 0 Å². The molecule has 1 aliphatic heterocycles. The third kappa shape index (κ3) is 2.67. The van der Waals surface area contributed by atoms with Crippen molar-refractivity contribution in [1.29, 1.82) is 0 Å². The fraction of sp³-hybridized carbons (Fsp3) is 1.00. The Hall–Kier alpha value is -0.160. The molecule has 1 unspecified atom stereocenters. The Bertz CT molecular complexity index is 174. The third-order valence-corrected chi connectivity index (χ3v) is 2.90. The Morgan fingerprint density at radius 1 is 1.57 bits per heavy atom. The molecule has 1 fully saturated rings. The molecule has 0 bridgehead atoms. The van der Waals surface area contributed by atoms with E-state index in [2.05, 4.69) is 24.1 Å². The van der Waals surface area contributed by atoms with Crippen LogP contribution < -0.4 is 5.32 Å². The summed E-state index contributed by atoms with van der Waals surface area (Å²) in [6.45, 7) is 8.03. The number of aliphatic hydroxyl groups excluding tert-OH is 1. The molecule has 0 spiro atoms. The summed E-state index contributed by atoms with van der Waals surface area (Å²) in [6, 6.07) is 0.217. The molecule has 1 saturated heterocycles. The molecule has 0 aromatic heterocycles. The van der Waals surface area contributed by atoms with Gasteiger partial charge in [-0.3, -0.25) is 4.90 Å². The average molecular weight is 202 g/mol.